The van der Waals surface area contributed by atoms with Crippen LogP contribution in [-0.2, 0) is 10.6 Å². The van der Waals surface area contributed by atoms with Crippen LogP contribution in [-0.4, -0.2) is 37.5 Å². The molecule has 84 valence electrons. The SMILES string of the molecule is COCCCN(C)c1ccc(CCl)nn1. The number of rotatable bonds is 6. The van der Waals surface area contributed by atoms with Gasteiger partial charge < -0.3 is 9.64 Å². The van der Waals surface area contributed by atoms with E-state index in [1.165, 1.54) is 0 Å². The topological polar surface area (TPSA) is 38.2 Å². The normalized spacial score (nSPS) is 10.3. The molecule has 4 nitrogen and oxygen atoms in total. The molecule has 1 heterocycles. The fraction of sp³-hybridized carbons (Fsp3) is 0.600. The van der Waals surface area contributed by atoms with E-state index in [1.807, 2.05) is 24.1 Å². The van der Waals surface area contributed by atoms with Crippen LogP contribution in [0, 0.1) is 0 Å². The number of halogens is 1. The van der Waals surface area contributed by atoms with Crippen LogP contribution in [0.1, 0.15) is 12.1 Å². The van der Waals surface area contributed by atoms with Gasteiger partial charge in [-0.1, -0.05) is 0 Å². The number of ether oxygens (including phenoxy) is 1. The van der Waals surface area contributed by atoms with E-state index in [-0.39, 0.29) is 0 Å². The van der Waals surface area contributed by atoms with Gasteiger partial charge in [-0.15, -0.1) is 16.7 Å². The van der Waals surface area contributed by atoms with E-state index < -0.39 is 0 Å². The molecular formula is C10H16ClN3O. The Morgan fingerprint density at radius 3 is 2.73 bits per heavy atom. The maximum atomic E-state index is 5.63. The van der Waals surface area contributed by atoms with Gasteiger partial charge >= 0.3 is 0 Å². The summed E-state index contributed by atoms with van der Waals surface area (Å²) >= 11 is 5.63. The number of nitrogens with zero attached hydrogens (tertiary/aromatic N) is 3. The smallest absolute Gasteiger partial charge is 0.150 e. The van der Waals surface area contributed by atoms with E-state index in [9.17, 15) is 0 Å². The average Bonchev–Trinajstić information content (AvgIpc) is 2.29. The Labute approximate surface area is 95.2 Å². The molecule has 0 aliphatic heterocycles. The lowest BCUT2D eigenvalue weighted by atomic mass is 10.3. The number of hydrogen-bond acceptors (Lipinski definition) is 4. The van der Waals surface area contributed by atoms with Gasteiger partial charge in [0.2, 0.25) is 0 Å². The summed E-state index contributed by atoms with van der Waals surface area (Å²) < 4.78 is 4.98. The Bertz CT molecular complexity index is 279. The fourth-order valence-corrected chi connectivity index (χ4v) is 1.33. The Hall–Kier alpha value is -0.870. The lowest BCUT2D eigenvalue weighted by molar-refractivity contribution is 0.196. The van der Waals surface area contributed by atoms with E-state index in [0.29, 0.717) is 5.88 Å². The zero-order chi connectivity index (χ0) is 11.1. The number of anilines is 1. The molecule has 0 bridgehead atoms. The first-order valence-corrected chi connectivity index (χ1v) is 5.40. The minimum Gasteiger partial charge on any atom is -0.385 e. The molecular weight excluding hydrogens is 214 g/mol. The number of alkyl halides is 1. The van der Waals surface area contributed by atoms with Gasteiger partial charge in [0.25, 0.3) is 0 Å². The van der Waals surface area contributed by atoms with Crippen molar-refractivity contribution in [1.29, 1.82) is 0 Å². The van der Waals surface area contributed by atoms with E-state index >= 15 is 0 Å². The maximum Gasteiger partial charge on any atom is 0.150 e. The third-order valence-corrected chi connectivity index (χ3v) is 2.35. The van der Waals surface area contributed by atoms with Crippen LogP contribution >= 0.6 is 11.6 Å². The standard InChI is InChI=1S/C10H16ClN3O/c1-14(6-3-7-15-2)10-5-4-9(8-11)12-13-10/h4-5H,3,6-8H2,1-2H3. The van der Waals surface area contributed by atoms with Crippen LogP contribution < -0.4 is 4.90 Å². The van der Waals surface area contributed by atoms with Gasteiger partial charge in [-0.25, -0.2) is 0 Å². The molecule has 15 heavy (non-hydrogen) atoms. The molecule has 0 aliphatic carbocycles. The van der Waals surface area contributed by atoms with Crippen molar-refractivity contribution < 1.29 is 4.74 Å². The first kappa shape index (κ1) is 12.2. The molecule has 1 aromatic heterocycles. The second-order valence-electron chi connectivity index (χ2n) is 3.28. The van der Waals surface area contributed by atoms with Crippen LogP contribution in [0.3, 0.4) is 0 Å². The van der Waals surface area contributed by atoms with E-state index in [1.54, 1.807) is 7.11 Å². The zero-order valence-electron chi connectivity index (χ0n) is 9.11. The van der Waals surface area contributed by atoms with Crippen molar-refractivity contribution in [1.82, 2.24) is 10.2 Å². The first-order valence-electron chi connectivity index (χ1n) is 4.86. The predicted molar refractivity (Wildman–Crippen MR) is 61.4 cm³/mol. The molecule has 0 radical (unpaired) electrons. The third kappa shape index (κ3) is 4.01. The summed E-state index contributed by atoms with van der Waals surface area (Å²) in [6.45, 7) is 1.67. The highest BCUT2D eigenvalue weighted by Crippen LogP contribution is 2.08. The summed E-state index contributed by atoms with van der Waals surface area (Å²) in [5, 5.41) is 8.07. The van der Waals surface area contributed by atoms with Gasteiger partial charge in [0.1, 0.15) is 0 Å². The molecule has 0 aliphatic rings. The zero-order valence-corrected chi connectivity index (χ0v) is 9.87. The highest BCUT2D eigenvalue weighted by Gasteiger charge is 2.02. The summed E-state index contributed by atoms with van der Waals surface area (Å²) in [4.78, 5) is 2.05. The Morgan fingerprint density at radius 1 is 1.40 bits per heavy atom. The molecule has 0 amide bonds. The number of methoxy groups -OCH3 is 1. The summed E-state index contributed by atoms with van der Waals surface area (Å²) in [5.41, 5.74) is 0.797. The van der Waals surface area contributed by atoms with E-state index in [4.69, 9.17) is 16.3 Å². The second kappa shape index (κ2) is 6.58. The van der Waals surface area contributed by atoms with E-state index in [0.717, 1.165) is 31.1 Å². The summed E-state index contributed by atoms with van der Waals surface area (Å²) in [5.74, 6) is 1.26. The van der Waals surface area contributed by atoms with Gasteiger partial charge in [0.15, 0.2) is 5.82 Å². The second-order valence-corrected chi connectivity index (χ2v) is 3.55. The molecule has 0 atom stereocenters. The van der Waals surface area contributed by atoms with Crippen LogP contribution in [0.2, 0.25) is 0 Å². The van der Waals surface area contributed by atoms with Crippen LogP contribution in [0.15, 0.2) is 12.1 Å². The molecule has 0 saturated heterocycles. The molecule has 0 fully saturated rings. The van der Waals surface area contributed by atoms with Gasteiger partial charge in [-0.2, -0.15) is 5.10 Å². The monoisotopic (exact) mass is 229 g/mol. The molecule has 0 unspecified atom stereocenters. The van der Waals surface area contributed by atoms with Gasteiger partial charge in [-0.05, 0) is 18.6 Å². The largest absolute Gasteiger partial charge is 0.385 e. The Balaban J connectivity index is 2.46. The van der Waals surface area contributed by atoms with Crippen LogP contribution in [0.4, 0.5) is 5.82 Å². The van der Waals surface area contributed by atoms with Gasteiger partial charge in [0.05, 0.1) is 11.6 Å². The van der Waals surface area contributed by atoms with Crippen molar-refractivity contribution >= 4 is 17.4 Å². The van der Waals surface area contributed by atoms with Crippen molar-refractivity contribution in [3.8, 4) is 0 Å². The number of hydrogen-bond donors (Lipinski definition) is 0. The molecule has 5 heteroatoms. The molecule has 0 saturated carbocycles. The molecule has 0 aromatic carbocycles. The predicted octanol–water partition coefficient (Wildman–Crippen LogP) is 1.69. The van der Waals surface area contributed by atoms with Crippen molar-refractivity contribution in [2.75, 3.05) is 32.2 Å². The average molecular weight is 230 g/mol. The lowest BCUT2D eigenvalue weighted by Crippen LogP contribution is -2.21. The molecule has 0 spiro atoms. The van der Waals surface area contributed by atoms with Crippen LogP contribution in [0.5, 0.6) is 0 Å². The Kier molecular flexibility index (Phi) is 5.36. The highest BCUT2D eigenvalue weighted by molar-refractivity contribution is 6.16. The molecule has 1 aromatic rings. The highest BCUT2D eigenvalue weighted by atomic mass is 35.5. The maximum absolute atomic E-state index is 5.63. The van der Waals surface area contributed by atoms with Gasteiger partial charge in [-0.3, -0.25) is 0 Å². The summed E-state index contributed by atoms with van der Waals surface area (Å²) in [6.07, 6.45) is 0.978. The fourth-order valence-electron chi connectivity index (χ4n) is 1.19. The van der Waals surface area contributed by atoms with Crippen LogP contribution in [0.25, 0.3) is 0 Å². The van der Waals surface area contributed by atoms with Gasteiger partial charge in [0, 0.05) is 27.3 Å². The minimum atomic E-state index is 0.403. The third-order valence-electron chi connectivity index (χ3n) is 2.08. The quantitative estimate of drug-likeness (QED) is 0.550. The summed E-state index contributed by atoms with van der Waals surface area (Å²) in [7, 11) is 3.69. The van der Waals surface area contributed by atoms with Crippen molar-refractivity contribution in [3.05, 3.63) is 17.8 Å². The van der Waals surface area contributed by atoms with Crippen molar-refractivity contribution in [3.63, 3.8) is 0 Å². The summed E-state index contributed by atoms with van der Waals surface area (Å²) in [6, 6.07) is 3.82. The minimum absolute atomic E-state index is 0.403. The molecule has 0 N–H and O–H groups in total. The first-order chi connectivity index (χ1) is 7.27. The van der Waals surface area contributed by atoms with E-state index in [2.05, 4.69) is 10.2 Å². The van der Waals surface area contributed by atoms with Crippen molar-refractivity contribution in [2.24, 2.45) is 0 Å². The lowest BCUT2D eigenvalue weighted by Gasteiger charge is -2.16. The number of aromatic nitrogens is 2. The molecule has 1 rings (SSSR count). The van der Waals surface area contributed by atoms with Crippen molar-refractivity contribution in [2.45, 2.75) is 12.3 Å². The Morgan fingerprint density at radius 2 is 2.20 bits per heavy atom.